The number of allylic oxidation sites excluding steroid dienone is 2. The summed E-state index contributed by atoms with van der Waals surface area (Å²) in [5.41, 5.74) is 18.4. The van der Waals surface area contributed by atoms with E-state index in [1.165, 1.54) is 243 Å². The van der Waals surface area contributed by atoms with Gasteiger partial charge in [0, 0.05) is 0 Å². The van der Waals surface area contributed by atoms with Crippen LogP contribution in [0.3, 0.4) is 0 Å². The molecule has 0 fully saturated rings. The summed E-state index contributed by atoms with van der Waals surface area (Å²) in [4.78, 5) is 3.39. The molecule has 0 saturated carbocycles. The van der Waals surface area contributed by atoms with E-state index < -0.39 is 0 Å². The number of unbranched alkanes of at least 4 members (excludes halogenated alkanes) is 29. The van der Waals surface area contributed by atoms with Crippen LogP contribution < -0.4 is 0 Å². The minimum absolute atomic E-state index is 0.885. The van der Waals surface area contributed by atoms with Crippen molar-refractivity contribution in [3.8, 4) is 0 Å². The van der Waals surface area contributed by atoms with E-state index in [1.54, 1.807) is 0 Å². The average Bonchev–Trinajstić information content (AvgIpc) is 3.33. The van der Waals surface area contributed by atoms with Gasteiger partial charge in [-0.15, -0.1) is 4.79 Å². The molecular formula is C62H106N2Ni. The van der Waals surface area contributed by atoms with Crippen LogP contribution in [0.1, 0.15) is 295 Å². The second-order valence-electron chi connectivity index (χ2n) is 19.3. The third kappa shape index (κ3) is 33.9. The summed E-state index contributed by atoms with van der Waals surface area (Å²) >= 11 is 2.04. The fourth-order valence-corrected chi connectivity index (χ4v) is 10.2. The molecule has 2 rings (SSSR count). The molecule has 0 aromatic heterocycles. The Morgan fingerprint density at radius 2 is 0.815 bits per heavy atom. The number of benzene rings is 2. The fraction of sp³-hybridized carbons (Fsp3) is 0.742. The van der Waals surface area contributed by atoms with Crippen molar-refractivity contribution in [2.24, 2.45) is 0 Å². The Labute approximate surface area is 412 Å². The van der Waals surface area contributed by atoms with Crippen molar-refractivity contribution in [3.63, 3.8) is 0 Å². The van der Waals surface area contributed by atoms with Gasteiger partial charge in [-0.3, -0.25) is 0 Å². The van der Waals surface area contributed by atoms with Gasteiger partial charge in [-0.25, -0.2) is 0 Å². The fourth-order valence-electron chi connectivity index (χ4n) is 9.00. The van der Waals surface area contributed by atoms with Gasteiger partial charge in [0.1, 0.15) is 0 Å². The number of hydrogen-bond acceptors (Lipinski definition) is 0. The topological polar surface area (TPSA) is 36.4 Å². The molecule has 2 aromatic carbocycles. The van der Waals surface area contributed by atoms with Gasteiger partial charge in [0.25, 0.3) is 0 Å². The molecule has 0 saturated heterocycles. The van der Waals surface area contributed by atoms with Crippen LogP contribution in [0.4, 0.5) is 0 Å². The molecule has 2 nitrogen and oxygen atoms in total. The Kier molecular flexibility index (Phi) is 43.9. The van der Waals surface area contributed by atoms with Gasteiger partial charge in [-0.2, -0.15) is 0 Å². The quantitative estimate of drug-likeness (QED) is 0.0159. The summed E-state index contributed by atoms with van der Waals surface area (Å²) in [7, 11) is 0. The summed E-state index contributed by atoms with van der Waals surface area (Å²) in [5, 5.41) is 2.87. The molecule has 65 heavy (non-hydrogen) atoms. The van der Waals surface area contributed by atoms with E-state index in [1.807, 2.05) is 14.4 Å². The molecule has 2 aromatic rings. The van der Waals surface area contributed by atoms with Crippen molar-refractivity contribution < 1.29 is 19.2 Å². The minimum atomic E-state index is 0.885. The zero-order valence-electron chi connectivity index (χ0n) is 44.1. The van der Waals surface area contributed by atoms with E-state index in [2.05, 4.69) is 101 Å². The molecule has 0 amide bonds. The van der Waals surface area contributed by atoms with E-state index in [-0.39, 0.29) is 0 Å². The predicted molar refractivity (Wildman–Crippen MR) is 288 cm³/mol. The SMILES string of the molecule is CCCCCCC(C(=C=[N+]=[N-])CCCC)=C(c1cccc(CC)c1)c1cccc(CCCC)c1.CCCCCCCCCCCCCC[CH2][Ni][CH2]CCCCCCCCCCCCCC. The van der Waals surface area contributed by atoms with Crippen molar-refractivity contribution in [2.45, 2.75) is 296 Å². The molecule has 0 unspecified atom stereocenters. The second-order valence-corrected chi connectivity index (χ2v) is 20.8. The molecule has 0 aliphatic carbocycles. The Balaban J connectivity index is 0.000000654. The number of hydrogen-bond donors (Lipinski definition) is 0. The van der Waals surface area contributed by atoms with Crippen molar-refractivity contribution in [3.05, 3.63) is 87.5 Å². The molecular weight excluding hydrogens is 831 g/mol. The molecule has 0 aliphatic heterocycles. The molecule has 0 aliphatic rings. The van der Waals surface area contributed by atoms with Crippen LogP contribution in [0.5, 0.6) is 0 Å². The predicted octanol–water partition coefficient (Wildman–Crippen LogP) is 21.5. The molecule has 0 radical (unpaired) electrons. The molecule has 3 heteroatoms. The molecule has 374 valence electrons. The first-order valence-corrected chi connectivity index (χ1v) is 29.8. The Morgan fingerprint density at radius 1 is 0.431 bits per heavy atom. The van der Waals surface area contributed by atoms with Crippen molar-refractivity contribution in [2.75, 3.05) is 0 Å². The zero-order valence-corrected chi connectivity index (χ0v) is 45.1. The van der Waals surface area contributed by atoms with Crippen molar-refractivity contribution in [1.82, 2.24) is 0 Å². The van der Waals surface area contributed by atoms with Crippen molar-refractivity contribution in [1.29, 1.82) is 0 Å². The number of nitrogens with zero attached hydrogens (tertiary/aromatic N) is 2. The Hall–Kier alpha value is -2.17. The van der Waals surface area contributed by atoms with Crippen LogP contribution in [-0.4, -0.2) is 10.7 Å². The zero-order chi connectivity index (χ0) is 47.1. The first-order chi connectivity index (χ1) is 32.1. The van der Waals surface area contributed by atoms with Crippen molar-refractivity contribution >= 4 is 11.4 Å². The van der Waals surface area contributed by atoms with Crippen LogP contribution >= 0.6 is 0 Å². The van der Waals surface area contributed by atoms with E-state index in [9.17, 15) is 5.53 Å². The van der Waals surface area contributed by atoms with Gasteiger partial charge in [0.05, 0.1) is 5.57 Å². The Morgan fingerprint density at radius 3 is 1.23 bits per heavy atom. The molecule has 0 bridgehead atoms. The molecule has 0 spiro atoms. The van der Waals surface area contributed by atoms with Gasteiger partial charge in [-0.1, -0.05) is 148 Å². The van der Waals surface area contributed by atoms with Gasteiger partial charge in [0.2, 0.25) is 0 Å². The molecule has 0 heterocycles. The summed E-state index contributed by atoms with van der Waals surface area (Å²) in [6, 6.07) is 18.1. The molecule has 0 N–H and O–H groups in total. The van der Waals surface area contributed by atoms with E-state index in [4.69, 9.17) is 0 Å². The summed E-state index contributed by atoms with van der Waals surface area (Å²) < 4.78 is 0. The normalized spacial score (nSPS) is 11.5. The first-order valence-electron chi connectivity index (χ1n) is 28.4. The summed E-state index contributed by atoms with van der Waals surface area (Å²) in [6.45, 7) is 13.5. The summed E-state index contributed by atoms with van der Waals surface area (Å²) in [6.07, 6.45) is 51.6. The van der Waals surface area contributed by atoms with Crippen LogP contribution in [-0.2, 0) is 27.3 Å². The third-order valence-corrected chi connectivity index (χ3v) is 14.6. The molecule has 0 atom stereocenters. The van der Waals surface area contributed by atoms with E-state index in [0.29, 0.717) is 0 Å². The van der Waals surface area contributed by atoms with Crippen LogP contribution in [0, 0.1) is 0 Å². The minimum Gasteiger partial charge on any atom is -0.0654 e. The number of aryl methyl sites for hydroxylation is 2. The van der Waals surface area contributed by atoms with Crippen LogP contribution in [0.15, 0.2) is 59.7 Å². The third-order valence-electron chi connectivity index (χ3n) is 13.2. The Bertz CT molecular complexity index is 1450. The standard InChI is InChI=1S/C32H44N2.2C15H31.Ni/c1-5-9-12-13-22-31(30(25-34-33)19-11-7-3)32(28-20-14-17-26(8-4)23-28)29-21-15-18-27(24-29)16-10-6-2;2*1-3-5-7-9-11-13-15-14-12-10-8-6-4-2;/h14-15,17-18,20-21,23-24H,5-13,16,19,22H2,1-4H3;2*1,3-15H2,2H3;. The first kappa shape index (κ1) is 60.8. The maximum atomic E-state index is 9.51. The average molecular weight is 938 g/mol. The maximum absolute atomic E-state index is 9.51. The van der Waals surface area contributed by atoms with E-state index >= 15 is 0 Å². The van der Waals surface area contributed by atoms with Crippen LogP contribution in [0.2, 0.25) is 10.8 Å². The van der Waals surface area contributed by atoms with Gasteiger partial charge in [0.15, 0.2) is 0 Å². The van der Waals surface area contributed by atoms with E-state index in [0.717, 1.165) is 50.5 Å². The van der Waals surface area contributed by atoms with Gasteiger partial charge >= 0.3 is 172 Å². The number of rotatable bonds is 43. The monoisotopic (exact) mass is 937 g/mol. The van der Waals surface area contributed by atoms with Gasteiger partial charge < -0.3 is 5.53 Å². The van der Waals surface area contributed by atoms with Crippen LogP contribution in [0.25, 0.3) is 11.1 Å². The summed E-state index contributed by atoms with van der Waals surface area (Å²) in [5.74, 6) is 3.00. The van der Waals surface area contributed by atoms with Gasteiger partial charge in [-0.05, 0) is 78.3 Å². The second kappa shape index (κ2) is 46.9. The smallest absolute Gasteiger partial charge is 0.0654 e.